The van der Waals surface area contributed by atoms with E-state index in [0.717, 1.165) is 22.8 Å². The largest absolute Gasteiger partial charge is 0.497 e. The van der Waals surface area contributed by atoms with Crippen molar-refractivity contribution in [3.05, 3.63) is 53.9 Å². The van der Waals surface area contributed by atoms with Crippen molar-refractivity contribution < 1.29 is 14.3 Å². The Morgan fingerprint density at radius 3 is 2.56 bits per heavy atom. The number of pyridine rings is 1. The highest BCUT2D eigenvalue weighted by molar-refractivity contribution is 5.76. The molecule has 1 aromatic carbocycles. The molecule has 1 amide bonds. The van der Waals surface area contributed by atoms with E-state index in [1.54, 1.807) is 20.4 Å². The Morgan fingerprint density at radius 1 is 1.16 bits per heavy atom. The number of ether oxygens (including phenoxy) is 2. The molecule has 0 radical (unpaired) electrons. The van der Waals surface area contributed by atoms with Gasteiger partial charge in [0.25, 0.3) is 0 Å². The van der Waals surface area contributed by atoms with E-state index in [2.05, 4.69) is 4.98 Å². The summed E-state index contributed by atoms with van der Waals surface area (Å²) in [6, 6.07) is 11.5. The third-order valence-corrected chi connectivity index (χ3v) is 4.10. The van der Waals surface area contributed by atoms with Crippen LogP contribution < -0.4 is 9.47 Å². The Bertz CT molecular complexity index is 687. The van der Waals surface area contributed by atoms with Gasteiger partial charge >= 0.3 is 0 Å². The summed E-state index contributed by atoms with van der Waals surface area (Å²) in [4.78, 5) is 18.9. The van der Waals surface area contributed by atoms with Crippen LogP contribution in [-0.4, -0.2) is 36.1 Å². The van der Waals surface area contributed by atoms with Crippen molar-refractivity contribution in [2.75, 3.05) is 14.2 Å². The number of aromatic nitrogens is 1. The van der Waals surface area contributed by atoms with Gasteiger partial charge in [0.05, 0.1) is 26.5 Å². The van der Waals surface area contributed by atoms with Gasteiger partial charge in [0.2, 0.25) is 5.91 Å². The second kappa shape index (κ2) is 9.06. The van der Waals surface area contributed by atoms with Crippen LogP contribution >= 0.6 is 0 Å². The van der Waals surface area contributed by atoms with Gasteiger partial charge in [-0.25, -0.2) is 0 Å². The number of hydrogen-bond acceptors (Lipinski definition) is 4. The molecule has 2 aromatic rings. The summed E-state index contributed by atoms with van der Waals surface area (Å²) in [5.41, 5.74) is 1.86. The second-order valence-electron chi connectivity index (χ2n) is 6.11. The van der Waals surface area contributed by atoms with Gasteiger partial charge in [0.15, 0.2) is 0 Å². The zero-order chi connectivity index (χ0) is 18.2. The lowest BCUT2D eigenvalue weighted by atomic mass is 10.1. The first kappa shape index (κ1) is 18.8. The fraction of sp³-hybridized carbons (Fsp3) is 0.400. The van der Waals surface area contributed by atoms with E-state index in [1.165, 1.54) is 0 Å². The fourth-order valence-electron chi connectivity index (χ4n) is 2.69. The quantitative estimate of drug-likeness (QED) is 0.737. The molecular weight excluding hydrogens is 316 g/mol. The molecule has 0 atom stereocenters. The number of carbonyl (C=O) groups is 1. The summed E-state index contributed by atoms with van der Waals surface area (Å²) >= 11 is 0. The van der Waals surface area contributed by atoms with Gasteiger partial charge in [-0.05, 0) is 56.2 Å². The summed E-state index contributed by atoms with van der Waals surface area (Å²) in [6.07, 6.45) is 2.76. The maximum Gasteiger partial charge on any atom is 0.223 e. The Hall–Kier alpha value is -2.56. The van der Waals surface area contributed by atoms with E-state index in [9.17, 15) is 4.79 Å². The Balaban J connectivity index is 2.06. The molecule has 0 aliphatic rings. The molecule has 0 spiro atoms. The zero-order valence-corrected chi connectivity index (χ0v) is 15.4. The number of amides is 1. The molecule has 5 nitrogen and oxygen atoms in total. The third-order valence-electron chi connectivity index (χ3n) is 4.10. The molecule has 0 fully saturated rings. The average molecular weight is 342 g/mol. The second-order valence-corrected chi connectivity index (χ2v) is 6.11. The van der Waals surface area contributed by atoms with Crippen LogP contribution in [0, 0.1) is 0 Å². The van der Waals surface area contributed by atoms with Crippen LogP contribution in [0.15, 0.2) is 42.6 Å². The van der Waals surface area contributed by atoms with Crippen LogP contribution in [0.1, 0.15) is 31.5 Å². The summed E-state index contributed by atoms with van der Waals surface area (Å²) in [6.45, 7) is 4.56. The fourth-order valence-corrected chi connectivity index (χ4v) is 2.69. The molecule has 0 unspecified atom stereocenters. The monoisotopic (exact) mass is 342 g/mol. The molecule has 0 aliphatic heterocycles. The Labute approximate surface area is 149 Å². The lowest BCUT2D eigenvalue weighted by Crippen LogP contribution is -2.36. The van der Waals surface area contributed by atoms with E-state index in [0.29, 0.717) is 19.4 Å². The van der Waals surface area contributed by atoms with E-state index in [4.69, 9.17) is 9.47 Å². The van der Waals surface area contributed by atoms with E-state index in [1.807, 2.05) is 55.1 Å². The van der Waals surface area contributed by atoms with Crippen LogP contribution in [0.2, 0.25) is 0 Å². The number of rotatable bonds is 8. The van der Waals surface area contributed by atoms with Gasteiger partial charge in [-0.1, -0.05) is 6.07 Å². The molecule has 5 heteroatoms. The molecule has 0 aliphatic carbocycles. The SMILES string of the molecule is COc1ccc(OC)c(CCC(=O)N(Cc2ccccn2)C(C)C)c1. The minimum Gasteiger partial charge on any atom is -0.497 e. The van der Waals surface area contributed by atoms with Crippen LogP contribution in [0.25, 0.3) is 0 Å². The van der Waals surface area contributed by atoms with Gasteiger partial charge in [0, 0.05) is 18.7 Å². The number of nitrogens with zero attached hydrogens (tertiary/aromatic N) is 2. The molecule has 0 bridgehead atoms. The van der Waals surface area contributed by atoms with Crippen molar-refractivity contribution in [1.29, 1.82) is 0 Å². The number of benzene rings is 1. The molecule has 2 rings (SSSR count). The highest BCUT2D eigenvalue weighted by Gasteiger charge is 2.18. The van der Waals surface area contributed by atoms with Crippen molar-refractivity contribution in [3.63, 3.8) is 0 Å². The zero-order valence-electron chi connectivity index (χ0n) is 15.4. The lowest BCUT2D eigenvalue weighted by Gasteiger charge is -2.26. The first-order valence-corrected chi connectivity index (χ1v) is 8.45. The van der Waals surface area contributed by atoms with E-state index >= 15 is 0 Å². The van der Waals surface area contributed by atoms with Gasteiger partial charge in [-0.2, -0.15) is 0 Å². The van der Waals surface area contributed by atoms with Crippen molar-refractivity contribution in [3.8, 4) is 11.5 Å². The van der Waals surface area contributed by atoms with Gasteiger partial charge in [-0.3, -0.25) is 9.78 Å². The highest BCUT2D eigenvalue weighted by Crippen LogP contribution is 2.25. The van der Waals surface area contributed by atoms with Gasteiger partial charge in [0.1, 0.15) is 11.5 Å². The number of aryl methyl sites for hydroxylation is 1. The van der Waals surface area contributed by atoms with E-state index in [-0.39, 0.29) is 11.9 Å². The molecule has 1 heterocycles. The molecule has 1 aromatic heterocycles. The van der Waals surface area contributed by atoms with Crippen molar-refractivity contribution in [2.24, 2.45) is 0 Å². The maximum absolute atomic E-state index is 12.7. The minimum absolute atomic E-state index is 0.102. The van der Waals surface area contributed by atoms with E-state index < -0.39 is 0 Å². The van der Waals surface area contributed by atoms with Crippen molar-refractivity contribution in [2.45, 2.75) is 39.3 Å². The minimum atomic E-state index is 0.102. The van der Waals surface area contributed by atoms with Crippen molar-refractivity contribution >= 4 is 5.91 Å². The molecule has 25 heavy (non-hydrogen) atoms. The molecular formula is C20H26N2O3. The number of carbonyl (C=O) groups excluding carboxylic acids is 1. The standard InChI is InChI=1S/C20H26N2O3/c1-15(2)22(14-17-7-5-6-12-21-17)20(23)11-8-16-13-18(24-3)9-10-19(16)25-4/h5-7,9-10,12-13,15H,8,11,14H2,1-4H3. The van der Waals surface area contributed by atoms with Crippen LogP contribution in [0.4, 0.5) is 0 Å². The number of methoxy groups -OCH3 is 2. The lowest BCUT2D eigenvalue weighted by molar-refractivity contribution is -0.133. The highest BCUT2D eigenvalue weighted by atomic mass is 16.5. The van der Waals surface area contributed by atoms with Crippen LogP contribution in [0.3, 0.4) is 0 Å². The van der Waals surface area contributed by atoms with Gasteiger partial charge < -0.3 is 14.4 Å². The number of hydrogen-bond donors (Lipinski definition) is 0. The summed E-state index contributed by atoms with van der Waals surface area (Å²) in [5, 5.41) is 0. The third kappa shape index (κ3) is 5.21. The van der Waals surface area contributed by atoms with Crippen LogP contribution in [0.5, 0.6) is 11.5 Å². The Kier molecular flexibility index (Phi) is 6.81. The van der Waals surface area contributed by atoms with Crippen molar-refractivity contribution in [1.82, 2.24) is 9.88 Å². The molecule has 0 N–H and O–H groups in total. The average Bonchev–Trinajstić information content (AvgIpc) is 2.64. The summed E-state index contributed by atoms with van der Waals surface area (Å²) < 4.78 is 10.7. The predicted octanol–water partition coefficient (Wildman–Crippen LogP) is 3.47. The normalized spacial score (nSPS) is 10.6. The molecule has 0 saturated heterocycles. The Morgan fingerprint density at radius 2 is 1.96 bits per heavy atom. The summed E-state index contributed by atoms with van der Waals surface area (Å²) in [5.74, 6) is 1.64. The van der Waals surface area contributed by atoms with Gasteiger partial charge in [-0.15, -0.1) is 0 Å². The van der Waals surface area contributed by atoms with Crippen LogP contribution in [-0.2, 0) is 17.8 Å². The first-order valence-electron chi connectivity index (χ1n) is 8.45. The predicted molar refractivity (Wildman–Crippen MR) is 97.8 cm³/mol. The molecule has 0 saturated carbocycles. The summed E-state index contributed by atoms with van der Waals surface area (Å²) in [7, 11) is 3.26. The first-order chi connectivity index (χ1) is 12.0. The smallest absolute Gasteiger partial charge is 0.223 e. The topological polar surface area (TPSA) is 51.7 Å². The maximum atomic E-state index is 12.7. The molecule has 134 valence electrons.